The van der Waals surface area contributed by atoms with Gasteiger partial charge >= 0.3 is 0 Å². The highest BCUT2D eigenvalue weighted by Gasteiger charge is 2.34. The first-order valence-electron chi connectivity index (χ1n) is 13.0. The summed E-state index contributed by atoms with van der Waals surface area (Å²) in [6.07, 6.45) is 5.99. The largest absolute Gasteiger partial charge is 0.495 e. The van der Waals surface area contributed by atoms with E-state index in [1.165, 1.54) is 12.0 Å². The van der Waals surface area contributed by atoms with Gasteiger partial charge in [0, 0.05) is 41.7 Å². The van der Waals surface area contributed by atoms with Gasteiger partial charge in [0.2, 0.25) is 0 Å². The lowest BCUT2D eigenvalue weighted by atomic mass is 10.1. The van der Waals surface area contributed by atoms with Crippen LogP contribution in [0.1, 0.15) is 41.6 Å². The third kappa shape index (κ3) is 5.50. The van der Waals surface area contributed by atoms with Gasteiger partial charge < -0.3 is 9.64 Å². The molecule has 2 aromatic heterocycles. The van der Waals surface area contributed by atoms with Crippen LogP contribution in [0.2, 0.25) is 5.02 Å². The number of nitrogens with zero attached hydrogens (tertiary/aromatic N) is 5. The fraction of sp³-hybridized carbons (Fsp3) is 0.310. The van der Waals surface area contributed by atoms with Gasteiger partial charge in [-0.1, -0.05) is 24.4 Å². The molecule has 41 heavy (non-hydrogen) atoms. The van der Waals surface area contributed by atoms with E-state index >= 15 is 0 Å². The number of halogens is 5. The van der Waals surface area contributed by atoms with Crippen LogP contribution in [0.25, 0.3) is 22.8 Å². The number of carbonyl (C=O) groups excluding carboxylic acids is 1. The molecule has 2 heterocycles. The number of hydrogen-bond acceptors (Lipinski definition) is 5. The van der Waals surface area contributed by atoms with Crippen LogP contribution in [-0.4, -0.2) is 50.3 Å². The molecule has 0 atom stereocenters. The van der Waals surface area contributed by atoms with E-state index in [9.17, 15) is 22.4 Å². The summed E-state index contributed by atoms with van der Waals surface area (Å²) < 4.78 is 65.3. The van der Waals surface area contributed by atoms with E-state index < -0.39 is 40.3 Å². The maximum Gasteiger partial charge on any atom is 0.260 e. The lowest BCUT2D eigenvalue weighted by molar-refractivity contribution is 0.0659. The fourth-order valence-electron chi connectivity index (χ4n) is 5.08. The summed E-state index contributed by atoms with van der Waals surface area (Å²) in [6.45, 7) is 0.937. The lowest BCUT2D eigenvalue weighted by Gasteiger charge is -2.29. The average molecular weight is 588 g/mol. The number of hydrogen-bond donors (Lipinski definition) is 0. The Labute approximate surface area is 238 Å². The molecular formula is C29H26ClF4N5O2. The van der Waals surface area contributed by atoms with Crippen molar-refractivity contribution in [1.82, 2.24) is 24.6 Å². The van der Waals surface area contributed by atoms with Gasteiger partial charge in [-0.25, -0.2) is 27.2 Å². The van der Waals surface area contributed by atoms with Gasteiger partial charge in [-0.2, -0.15) is 5.10 Å². The summed E-state index contributed by atoms with van der Waals surface area (Å²) in [6, 6.07) is 8.22. The summed E-state index contributed by atoms with van der Waals surface area (Å²) in [5, 5.41) is 4.98. The van der Waals surface area contributed by atoms with Crippen molar-refractivity contribution >= 4 is 17.5 Å². The molecule has 1 amide bonds. The number of carbonyl (C=O) groups is 1. The summed E-state index contributed by atoms with van der Waals surface area (Å²) in [5.74, 6) is -6.43. The predicted octanol–water partition coefficient (Wildman–Crippen LogP) is 6.62. The number of amides is 1. The van der Waals surface area contributed by atoms with E-state index in [0.717, 1.165) is 19.8 Å². The maximum atomic E-state index is 14.9. The number of methoxy groups -OCH3 is 1. The minimum atomic E-state index is -1.70. The number of aromatic nitrogens is 4. The number of rotatable bonds is 8. The minimum Gasteiger partial charge on any atom is -0.495 e. The molecule has 5 rings (SSSR count). The third-order valence-electron chi connectivity index (χ3n) is 7.30. The zero-order valence-corrected chi connectivity index (χ0v) is 23.1. The van der Waals surface area contributed by atoms with Gasteiger partial charge in [0.25, 0.3) is 5.91 Å². The van der Waals surface area contributed by atoms with Gasteiger partial charge in [-0.15, -0.1) is 0 Å². The molecule has 7 nitrogen and oxygen atoms in total. The monoisotopic (exact) mass is 587 g/mol. The quantitative estimate of drug-likeness (QED) is 0.171. The van der Waals surface area contributed by atoms with Gasteiger partial charge in [0.05, 0.1) is 18.7 Å². The highest BCUT2D eigenvalue weighted by atomic mass is 35.5. The Morgan fingerprint density at radius 1 is 1.02 bits per heavy atom. The molecule has 1 saturated carbocycles. The Kier molecular flexibility index (Phi) is 8.25. The van der Waals surface area contributed by atoms with E-state index in [2.05, 4.69) is 15.1 Å². The number of benzene rings is 2. The van der Waals surface area contributed by atoms with Crippen LogP contribution < -0.4 is 4.74 Å². The molecule has 0 saturated heterocycles. The van der Waals surface area contributed by atoms with Gasteiger partial charge in [-0.3, -0.25) is 9.78 Å². The predicted molar refractivity (Wildman–Crippen MR) is 145 cm³/mol. The van der Waals surface area contributed by atoms with E-state index in [1.54, 1.807) is 47.4 Å². The van der Waals surface area contributed by atoms with Gasteiger partial charge in [-0.05, 0) is 50.1 Å². The zero-order chi connectivity index (χ0) is 29.3. The highest BCUT2D eigenvalue weighted by Crippen LogP contribution is 2.32. The SMILES string of the molecule is COc1ccc(-c2nc(-c3ccncc3)nn2CCN(C(=O)c2c(F)c(F)c(C)c(F)c2F)C2CCCC2)cc1Cl. The second-order valence-corrected chi connectivity index (χ2v) is 10.2. The first-order chi connectivity index (χ1) is 19.7. The number of pyridine rings is 1. The first kappa shape index (κ1) is 28.5. The second kappa shape index (κ2) is 11.9. The van der Waals surface area contributed by atoms with E-state index in [-0.39, 0.29) is 19.1 Å². The molecule has 2 aromatic carbocycles. The highest BCUT2D eigenvalue weighted by molar-refractivity contribution is 6.32. The van der Waals surface area contributed by atoms with Gasteiger partial charge in [0.15, 0.2) is 34.9 Å². The molecular weight excluding hydrogens is 562 g/mol. The van der Waals surface area contributed by atoms with Crippen molar-refractivity contribution < 1.29 is 27.1 Å². The van der Waals surface area contributed by atoms with Crippen LogP contribution in [-0.2, 0) is 6.54 Å². The Morgan fingerprint density at radius 3 is 2.29 bits per heavy atom. The van der Waals surface area contributed by atoms with E-state index in [1.807, 2.05) is 0 Å². The lowest BCUT2D eigenvalue weighted by Crippen LogP contribution is -2.42. The van der Waals surface area contributed by atoms with Crippen molar-refractivity contribution in [2.75, 3.05) is 13.7 Å². The molecule has 0 radical (unpaired) electrons. The Balaban J connectivity index is 1.53. The summed E-state index contributed by atoms with van der Waals surface area (Å²) >= 11 is 6.37. The molecule has 1 fully saturated rings. The summed E-state index contributed by atoms with van der Waals surface area (Å²) in [7, 11) is 1.50. The van der Waals surface area contributed by atoms with Crippen molar-refractivity contribution in [3.05, 3.63) is 82.1 Å². The van der Waals surface area contributed by atoms with E-state index in [4.69, 9.17) is 16.3 Å². The summed E-state index contributed by atoms with van der Waals surface area (Å²) in [4.78, 5) is 23.5. The van der Waals surface area contributed by atoms with Crippen LogP contribution in [0.3, 0.4) is 0 Å². The van der Waals surface area contributed by atoms with Crippen LogP contribution in [0.4, 0.5) is 17.6 Å². The average Bonchev–Trinajstić information content (AvgIpc) is 3.67. The van der Waals surface area contributed by atoms with Gasteiger partial charge in [0.1, 0.15) is 11.3 Å². The fourth-order valence-corrected chi connectivity index (χ4v) is 5.34. The Bertz CT molecular complexity index is 1560. The van der Waals surface area contributed by atoms with Crippen LogP contribution in [0, 0.1) is 30.2 Å². The molecule has 0 bridgehead atoms. The number of ether oxygens (including phenoxy) is 1. The maximum absolute atomic E-state index is 14.9. The Morgan fingerprint density at radius 2 is 1.68 bits per heavy atom. The Hall–Kier alpha value is -3.99. The molecule has 0 aliphatic heterocycles. The van der Waals surface area contributed by atoms with Crippen molar-refractivity contribution in [3.8, 4) is 28.5 Å². The molecule has 214 valence electrons. The van der Waals surface area contributed by atoms with Crippen LogP contribution in [0.15, 0.2) is 42.7 Å². The van der Waals surface area contributed by atoms with E-state index in [0.29, 0.717) is 46.4 Å². The topological polar surface area (TPSA) is 73.1 Å². The zero-order valence-electron chi connectivity index (χ0n) is 22.3. The second-order valence-electron chi connectivity index (χ2n) is 9.76. The van der Waals surface area contributed by atoms with Crippen LogP contribution >= 0.6 is 11.6 Å². The summed E-state index contributed by atoms with van der Waals surface area (Å²) in [5.41, 5.74) is -0.756. The normalized spacial score (nSPS) is 13.5. The molecule has 1 aliphatic rings. The van der Waals surface area contributed by atoms with Crippen molar-refractivity contribution in [2.45, 2.75) is 45.2 Å². The molecule has 0 spiro atoms. The third-order valence-corrected chi connectivity index (χ3v) is 7.59. The molecule has 0 unspecified atom stereocenters. The van der Waals surface area contributed by atoms with Crippen LogP contribution in [0.5, 0.6) is 5.75 Å². The molecule has 12 heteroatoms. The molecule has 0 N–H and O–H groups in total. The standard InChI is InChI=1S/C29H26ClF4N5O2/c1-16-23(31)25(33)22(26(34)24(16)32)29(40)38(19-5-3-4-6-19)13-14-39-28(18-7-8-21(41-2)20(30)15-18)36-27(37-39)17-9-11-35-12-10-17/h7-12,15,19H,3-6,13-14H2,1-2H3. The minimum absolute atomic E-state index is 0.0461. The first-order valence-corrected chi connectivity index (χ1v) is 13.4. The molecule has 4 aromatic rings. The van der Waals surface area contributed by atoms with Crippen molar-refractivity contribution in [2.24, 2.45) is 0 Å². The van der Waals surface area contributed by atoms with Crippen molar-refractivity contribution in [3.63, 3.8) is 0 Å². The smallest absolute Gasteiger partial charge is 0.260 e. The van der Waals surface area contributed by atoms with Crippen molar-refractivity contribution in [1.29, 1.82) is 0 Å². The molecule has 1 aliphatic carbocycles.